The van der Waals surface area contributed by atoms with Crippen LogP contribution >= 0.6 is 11.3 Å². The van der Waals surface area contributed by atoms with Gasteiger partial charge in [-0.15, -0.1) is 11.3 Å². The van der Waals surface area contributed by atoms with Crippen molar-refractivity contribution in [2.45, 2.75) is 26.4 Å². The van der Waals surface area contributed by atoms with E-state index in [9.17, 15) is 0 Å². The van der Waals surface area contributed by atoms with Crippen molar-refractivity contribution < 1.29 is 0 Å². The zero-order valence-corrected chi connectivity index (χ0v) is 11.3. The van der Waals surface area contributed by atoms with Crippen molar-refractivity contribution in [2.75, 3.05) is 13.1 Å². The lowest BCUT2D eigenvalue weighted by Gasteiger charge is -2.08. The molecular weight excluding hydrogens is 228 g/mol. The standard InChI is InChI=1S/C14H20N2S/c1-11(2)16-8-7-15-9-12-10-17-14-6-4-3-5-13(12)14/h3-6,10-11,15-16H,7-9H2,1-2H3. The summed E-state index contributed by atoms with van der Waals surface area (Å²) in [7, 11) is 0. The summed E-state index contributed by atoms with van der Waals surface area (Å²) in [4.78, 5) is 0. The fourth-order valence-electron chi connectivity index (χ4n) is 1.84. The maximum absolute atomic E-state index is 3.48. The van der Waals surface area contributed by atoms with Gasteiger partial charge in [0.25, 0.3) is 0 Å². The number of hydrogen-bond donors (Lipinski definition) is 2. The van der Waals surface area contributed by atoms with E-state index in [0.29, 0.717) is 6.04 Å². The van der Waals surface area contributed by atoms with Crippen LogP contribution in [0.4, 0.5) is 0 Å². The highest BCUT2D eigenvalue weighted by Crippen LogP contribution is 2.25. The average molecular weight is 248 g/mol. The molecule has 0 saturated heterocycles. The zero-order valence-electron chi connectivity index (χ0n) is 10.5. The fraction of sp³-hybridized carbons (Fsp3) is 0.429. The molecule has 0 radical (unpaired) electrons. The predicted molar refractivity (Wildman–Crippen MR) is 76.7 cm³/mol. The summed E-state index contributed by atoms with van der Waals surface area (Å²) in [5.41, 5.74) is 1.41. The third kappa shape index (κ3) is 3.53. The van der Waals surface area contributed by atoms with Crippen LogP contribution < -0.4 is 10.6 Å². The first-order valence-electron chi connectivity index (χ1n) is 6.16. The summed E-state index contributed by atoms with van der Waals surface area (Å²) in [5.74, 6) is 0. The van der Waals surface area contributed by atoms with E-state index >= 15 is 0 Å². The summed E-state index contributed by atoms with van der Waals surface area (Å²) in [6.07, 6.45) is 0. The van der Waals surface area contributed by atoms with E-state index < -0.39 is 0 Å². The highest BCUT2D eigenvalue weighted by Gasteiger charge is 2.02. The zero-order chi connectivity index (χ0) is 12.1. The van der Waals surface area contributed by atoms with E-state index in [-0.39, 0.29) is 0 Å². The molecule has 1 aromatic heterocycles. The van der Waals surface area contributed by atoms with E-state index in [0.717, 1.165) is 19.6 Å². The summed E-state index contributed by atoms with van der Waals surface area (Å²) in [6, 6.07) is 9.17. The topological polar surface area (TPSA) is 24.1 Å². The SMILES string of the molecule is CC(C)NCCNCc1csc2ccccc12. The molecule has 17 heavy (non-hydrogen) atoms. The van der Waals surface area contributed by atoms with Gasteiger partial charge in [-0.25, -0.2) is 0 Å². The Balaban J connectivity index is 1.83. The third-order valence-electron chi connectivity index (χ3n) is 2.73. The van der Waals surface area contributed by atoms with Gasteiger partial charge >= 0.3 is 0 Å². The maximum atomic E-state index is 3.48. The lowest BCUT2D eigenvalue weighted by atomic mass is 10.2. The molecular formula is C14H20N2S. The van der Waals surface area contributed by atoms with Crippen LogP contribution in [0, 0.1) is 0 Å². The molecule has 2 rings (SSSR count). The molecule has 0 unspecified atom stereocenters. The molecule has 0 saturated carbocycles. The second-order valence-electron chi connectivity index (χ2n) is 4.54. The smallest absolute Gasteiger partial charge is 0.0346 e. The van der Waals surface area contributed by atoms with E-state index in [1.54, 1.807) is 0 Å². The number of thiophene rings is 1. The summed E-state index contributed by atoms with van der Waals surface area (Å²) < 4.78 is 1.38. The Kier molecular flexibility index (Phi) is 4.54. The van der Waals surface area contributed by atoms with Crippen LogP contribution in [0.15, 0.2) is 29.6 Å². The summed E-state index contributed by atoms with van der Waals surface area (Å²) >= 11 is 1.83. The van der Waals surface area contributed by atoms with Gasteiger partial charge in [-0.1, -0.05) is 32.0 Å². The third-order valence-corrected chi connectivity index (χ3v) is 3.74. The molecule has 92 valence electrons. The van der Waals surface area contributed by atoms with Crippen LogP contribution in [-0.4, -0.2) is 19.1 Å². The lowest BCUT2D eigenvalue weighted by molar-refractivity contribution is 0.556. The predicted octanol–water partition coefficient (Wildman–Crippen LogP) is 2.99. The first kappa shape index (κ1) is 12.6. The highest BCUT2D eigenvalue weighted by atomic mass is 32.1. The molecule has 0 bridgehead atoms. The first-order valence-corrected chi connectivity index (χ1v) is 7.04. The van der Waals surface area contributed by atoms with E-state index in [4.69, 9.17) is 0 Å². The molecule has 1 aromatic carbocycles. The molecule has 0 aliphatic heterocycles. The van der Waals surface area contributed by atoms with Gasteiger partial charge < -0.3 is 10.6 Å². The Hall–Kier alpha value is -0.900. The fourth-order valence-corrected chi connectivity index (χ4v) is 2.80. The van der Waals surface area contributed by atoms with Crippen LogP contribution in [0.3, 0.4) is 0 Å². The Bertz CT molecular complexity index is 462. The molecule has 0 atom stereocenters. The normalized spacial score (nSPS) is 11.5. The van der Waals surface area contributed by atoms with Crippen LogP contribution in [0.1, 0.15) is 19.4 Å². The number of benzene rings is 1. The van der Waals surface area contributed by atoms with Gasteiger partial charge in [-0.2, -0.15) is 0 Å². The minimum Gasteiger partial charge on any atom is -0.313 e. The van der Waals surface area contributed by atoms with Gasteiger partial charge in [0.05, 0.1) is 0 Å². The van der Waals surface area contributed by atoms with E-state index in [2.05, 4.69) is 54.1 Å². The van der Waals surface area contributed by atoms with Crippen molar-refractivity contribution in [1.82, 2.24) is 10.6 Å². The molecule has 0 aliphatic rings. The van der Waals surface area contributed by atoms with E-state index in [1.807, 2.05) is 11.3 Å². The van der Waals surface area contributed by atoms with Crippen molar-refractivity contribution >= 4 is 21.4 Å². The highest BCUT2D eigenvalue weighted by molar-refractivity contribution is 7.17. The summed E-state index contributed by atoms with van der Waals surface area (Å²) in [5, 5.41) is 10.5. The number of fused-ring (bicyclic) bond motifs is 1. The monoisotopic (exact) mass is 248 g/mol. The molecule has 0 amide bonds. The minimum absolute atomic E-state index is 0.568. The molecule has 2 nitrogen and oxygen atoms in total. The largest absolute Gasteiger partial charge is 0.313 e. The first-order chi connectivity index (χ1) is 8.27. The van der Waals surface area contributed by atoms with Crippen molar-refractivity contribution in [3.05, 3.63) is 35.2 Å². The van der Waals surface area contributed by atoms with Gasteiger partial charge in [0.1, 0.15) is 0 Å². The van der Waals surface area contributed by atoms with Gasteiger partial charge in [0.15, 0.2) is 0 Å². The molecule has 1 heterocycles. The number of rotatable bonds is 6. The van der Waals surface area contributed by atoms with Crippen LogP contribution in [0.2, 0.25) is 0 Å². The molecule has 2 aromatic rings. The molecule has 0 spiro atoms. The van der Waals surface area contributed by atoms with Gasteiger partial charge in [-0.3, -0.25) is 0 Å². The van der Waals surface area contributed by atoms with Gasteiger partial charge in [0.2, 0.25) is 0 Å². The van der Waals surface area contributed by atoms with Gasteiger partial charge in [-0.05, 0) is 22.4 Å². The molecule has 0 fully saturated rings. The molecule has 0 aliphatic carbocycles. The number of nitrogens with one attached hydrogen (secondary N) is 2. The van der Waals surface area contributed by atoms with Crippen LogP contribution in [0.5, 0.6) is 0 Å². The summed E-state index contributed by atoms with van der Waals surface area (Å²) in [6.45, 7) is 7.35. The lowest BCUT2D eigenvalue weighted by Crippen LogP contribution is -2.31. The Morgan fingerprint density at radius 2 is 2.00 bits per heavy atom. The second-order valence-corrected chi connectivity index (χ2v) is 5.45. The van der Waals surface area contributed by atoms with Crippen molar-refractivity contribution in [1.29, 1.82) is 0 Å². The Morgan fingerprint density at radius 3 is 2.82 bits per heavy atom. The van der Waals surface area contributed by atoms with Crippen LogP contribution in [-0.2, 0) is 6.54 Å². The van der Waals surface area contributed by atoms with Crippen molar-refractivity contribution in [3.63, 3.8) is 0 Å². The molecule has 3 heteroatoms. The number of hydrogen-bond acceptors (Lipinski definition) is 3. The van der Waals surface area contributed by atoms with Crippen molar-refractivity contribution in [3.8, 4) is 0 Å². The average Bonchev–Trinajstić information content (AvgIpc) is 2.72. The van der Waals surface area contributed by atoms with Crippen molar-refractivity contribution in [2.24, 2.45) is 0 Å². The second kappa shape index (κ2) is 6.15. The van der Waals surface area contributed by atoms with Crippen LogP contribution in [0.25, 0.3) is 10.1 Å². The maximum Gasteiger partial charge on any atom is 0.0346 e. The Labute approximate surface area is 107 Å². The minimum atomic E-state index is 0.568. The molecule has 2 N–H and O–H groups in total. The Morgan fingerprint density at radius 1 is 1.18 bits per heavy atom. The quantitative estimate of drug-likeness (QED) is 0.768. The van der Waals surface area contributed by atoms with E-state index in [1.165, 1.54) is 15.6 Å². The van der Waals surface area contributed by atoms with Gasteiger partial charge in [0, 0.05) is 30.4 Å².